The lowest BCUT2D eigenvalue weighted by molar-refractivity contribution is 0.303. The number of nitrogens with zero attached hydrogens (tertiary/aromatic N) is 1. The van der Waals surface area contributed by atoms with Gasteiger partial charge in [0, 0.05) is 20.6 Å². The van der Waals surface area contributed by atoms with Crippen LogP contribution in [0.3, 0.4) is 0 Å². The quantitative estimate of drug-likeness (QED) is 0.444. The third kappa shape index (κ3) is 3.99. The van der Waals surface area contributed by atoms with Crippen LogP contribution >= 0.6 is 27.5 Å². The molecule has 0 saturated heterocycles. The Balaban J connectivity index is 2.20. The Morgan fingerprint density at radius 1 is 1.29 bits per heavy atom. The SMILES string of the molecule is CC/C(=N/O)c1ccccc1OCc1ccc(Br)cc1Cl. The molecular weight excluding hydrogens is 354 g/mol. The topological polar surface area (TPSA) is 41.8 Å². The summed E-state index contributed by atoms with van der Waals surface area (Å²) in [5.41, 5.74) is 2.27. The summed E-state index contributed by atoms with van der Waals surface area (Å²) in [6.45, 7) is 2.28. The maximum absolute atomic E-state index is 9.07. The molecule has 3 nitrogen and oxygen atoms in total. The van der Waals surface area contributed by atoms with Crippen molar-refractivity contribution in [2.75, 3.05) is 0 Å². The highest BCUT2D eigenvalue weighted by Crippen LogP contribution is 2.25. The minimum absolute atomic E-state index is 0.353. The van der Waals surface area contributed by atoms with Gasteiger partial charge in [0.1, 0.15) is 12.4 Å². The summed E-state index contributed by atoms with van der Waals surface area (Å²) < 4.78 is 6.76. The summed E-state index contributed by atoms with van der Waals surface area (Å²) in [5, 5.41) is 13.0. The van der Waals surface area contributed by atoms with Gasteiger partial charge in [-0.3, -0.25) is 0 Å². The lowest BCUT2D eigenvalue weighted by Crippen LogP contribution is -2.04. The monoisotopic (exact) mass is 367 g/mol. The fraction of sp³-hybridized carbons (Fsp3) is 0.188. The van der Waals surface area contributed by atoms with Gasteiger partial charge in [-0.05, 0) is 30.7 Å². The Bertz CT molecular complexity index is 658. The second kappa shape index (κ2) is 7.48. The predicted octanol–water partition coefficient (Wildman–Crippen LogP) is 5.27. The molecule has 0 bridgehead atoms. The fourth-order valence-corrected chi connectivity index (χ4v) is 2.67. The number of rotatable bonds is 5. The molecule has 0 aromatic heterocycles. The highest BCUT2D eigenvalue weighted by atomic mass is 79.9. The second-order valence-corrected chi connectivity index (χ2v) is 5.74. The van der Waals surface area contributed by atoms with Gasteiger partial charge in [-0.15, -0.1) is 0 Å². The first-order chi connectivity index (χ1) is 10.2. The molecular formula is C16H15BrClNO2. The molecule has 110 valence electrons. The number of hydrogen-bond donors (Lipinski definition) is 1. The smallest absolute Gasteiger partial charge is 0.128 e. The number of para-hydroxylation sites is 1. The third-order valence-electron chi connectivity index (χ3n) is 3.05. The van der Waals surface area contributed by atoms with Crippen LogP contribution in [0.4, 0.5) is 0 Å². The van der Waals surface area contributed by atoms with E-state index in [0.717, 1.165) is 15.6 Å². The Morgan fingerprint density at radius 3 is 2.71 bits per heavy atom. The first-order valence-corrected chi connectivity index (χ1v) is 7.69. The van der Waals surface area contributed by atoms with Crippen molar-refractivity contribution in [3.05, 3.63) is 63.1 Å². The number of ether oxygens (including phenoxy) is 1. The first kappa shape index (κ1) is 15.9. The summed E-state index contributed by atoms with van der Waals surface area (Å²) in [7, 11) is 0. The molecule has 0 aliphatic carbocycles. The van der Waals surface area contributed by atoms with Gasteiger partial charge in [-0.2, -0.15) is 0 Å². The van der Waals surface area contributed by atoms with Crippen molar-refractivity contribution in [2.45, 2.75) is 20.0 Å². The van der Waals surface area contributed by atoms with E-state index in [2.05, 4.69) is 21.1 Å². The van der Waals surface area contributed by atoms with Crippen LogP contribution in [-0.2, 0) is 6.61 Å². The van der Waals surface area contributed by atoms with E-state index in [1.54, 1.807) is 0 Å². The summed E-state index contributed by atoms with van der Waals surface area (Å²) in [5.74, 6) is 0.672. The average molecular weight is 369 g/mol. The molecule has 0 amide bonds. The van der Waals surface area contributed by atoms with E-state index in [9.17, 15) is 0 Å². The van der Waals surface area contributed by atoms with Gasteiger partial charge < -0.3 is 9.94 Å². The number of hydrogen-bond acceptors (Lipinski definition) is 3. The number of halogens is 2. The van der Waals surface area contributed by atoms with Crippen molar-refractivity contribution in [3.8, 4) is 5.75 Å². The molecule has 5 heteroatoms. The third-order valence-corrected chi connectivity index (χ3v) is 3.90. The van der Waals surface area contributed by atoms with Crippen molar-refractivity contribution in [1.82, 2.24) is 0 Å². The van der Waals surface area contributed by atoms with Gasteiger partial charge in [0.2, 0.25) is 0 Å². The largest absolute Gasteiger partial charge is 0.488 e. The van der Waals surface area contributed by atoms with E-state index in [-0.39, 0.29) is 0 Å². The number of oxime groups is 1. The number of benzene rings is 2. The molecule has 0 atom stereocenters. The van der Waals surface area contributed by atoms with Crippen LogP contribution in [0.1, 0.15) is 24.5 Å². The molecule has 0 unspecified atom stereocenters. The molecule has 0 heterocycles. The van der Waals surface area contributed by atoms with E-state index >= 15 is 0 Å². The molecule has 0 fully saturated rings. The van der Waals surface area contributed by atoms with Crippen LogP contribution in [-0.4, -0.2) is 10.9 Å². The van der Waals surface area contributed by atoms with Crippen LogP contribution < -0.4 is 4.74 Å². The van der Waals surface area contributed by atoms with Crippen LogP contribution in [0.15, 0.2) is 52.1 Å². The van der Waals surface area contributed by atoms with Gasteiger partial charge in [0.15, 0.2) is 0 Å². The van der Waals surface area contributed by atoms with Gasteiger partial charge in [-0.25, -0.2) is 0 Å². The van der Waals surface area contributed by atoms with Crippen molar-refractivity contribution in [2.24, 2.45) is 5.16 Å². The normalized spacial score (nSPS) is 11.5. The molecule has 1 N–H and O–H groups in total. The van der Waals surface area contributed by atoms with Crippen LogP contribution in [0.5, 0.6) is 5.75 Å². The highest BCUT2D eigenvalue weighted by molar-refractivity contribution is 9.10. The van der Waals surface area contributed by atoms with E-state index in [0.29, 0.717) is 29.5 Å². The average Bonchev–Trinajstić information content (AvgIpc) is 2.49. The van der Waals surface area contributed by atoms with Crippen LogP contribution in [0.2, 0.25) is 5.02 Å². The van der Waals surface area contributed by atoms with E-state index in [1.807, 2.05) is 49.4 Å². The zero-order chi connectivity index (χ0) is 15.2. The molecule has 2 rings (SSSR count). The maximum Gasteiger partial charge on any atom is 0.128 e. The Hall–Kier alpha value is -1.52. The second-order valence-electron chi connectivity index (χ2n) is 4.42. The molecule has 0 spiro atoms. The Labute approximate surface area is 137 Å². The maximum atomic E-state index is 9.07. The summed E-state index contributed by atoms with van der Waals surface area (Å²) in [6, 6.07) is 13.2. The van der Waals surface area contributed by atoms with Crippen molar-refractivity contribution < 1.29 is 9.94 Å². The van der Waals surface area contributed by atoms with E-state index in [4.69, 9.17) is 21.5 Å². The van der Waals surface area contributed by atoms with Gasteiger partial charge >= 0.3 is 0 Å². The predicted molar refractivity (Wildman–Crippen MR) is 88.5 cm³/mol. The minimum atomic E-state index is 0.353. The standard InChI is InChI=1S/C16H15BrClNO2/c1-2-15(19-20)13-5-3-4-6-16(13)21-10-11-7-8-12(17)9-14(11)18/h3-9,20H,2,10H2,1H3/b19-15-. The van der Waals surface area contributed by atoms with Crippen molar-refractivity contribution in [3.63, 3.8) is 0 Å². The molecule has 2 aromatic carbocycles. The molecule has 0 saturated carbocycles. The van der Waals surface area contributed by atoms with Crippen LogP contribution in [0.25, 0.3) is 0 Å². The van der Waals surface area contributed by atoms with Crippen molar-refractivity contribution in [1.29, 1.82) is 0 Å². The molecule has 2 aromatic rings. The fourth-order valence-electron chi connectivity index (χ4n) is 1.94. The molecule has 0 aliphatic rings. The summed E-state index contributed by atoms with van der Waals surface area (Å²) in [4.78, 5) is 0. The van der Waals surface area contributed by atoms with Crippen LogP contribution in [0, 0.1) is 0 Å². The Kier molecular flexibility index (Phi) is 5.65. The lowest BCUT2D eigenvalue weighted by atomic mass is 10.1. The molecule has 0 radical (unpaired) electrons. The van der Waals surface area contributed by atoms with Gasteiger partial charge in [0.25, 0.3) is 0 Å². The first-order valence-electron chi connectivity index (χ1n) is 6.52. The molecule has 0 aliphatic heterocycles. The minimum Gasteiger partial charge on any atom is -0.488 e. The Morgan fingerprint density at radius 2 is 2.05 bits per heavy atom. The zero-order valence-electron chi connectivity index (χ0n) is 11.5. The highest BCUT2D eigenvalue weighted by Gasteiger charge is 2.10. The zero-order valence-corrected chi connectivity index (χ0v) is 13.9. The van der Waals surface area contributed by atoms with Gasteiger partial charge in [0.05, 0.1) is 5.71 Å². The summed E-state index contributed by atoms with van der Waals surface area (Å²) >= 11 is 9.55. The molecule has 21 heavy (non-hydrogen) atoms. The van der Waals surface area contributed by atoms with Crippen molar-refractivity contribution >= 4 is 33.2 Å². The van der Waals surface area contributed by atoms with E-state index < -0.39 is 0 Å². The van der Waals surface area contributed by atoms with Gasteiger partial charge in [-0.1, -0.05) is 57.8 Å². The lowest BCUT2D eigenvalue weighted by Gasteiger charge is -2.12. The van der Waals surface area contributed by atoms with E-state index in [1.165, 1.54) is 0 Å². The summed E-state index contributed by atoms with van der Waals surface area (Å²) in [6.07, 6.45) is 0.621.